The third kappa shape index (κ3) is 3.99. The van der Waals surface area contributed by atoms with Gasteiger partial charge in [-0.25, -0.2) is 0 Å². The van der Waals surface area contributed by atoms with Crippen molar-refractivity contribution >= 4 is 23.2 Å². The van der Waals surface area contributed by atoms with Gasteiger partial charge in [-0.05, 0) is 56.0 Å². The molecule has 0 saturated carbocycles. The summed E-state index contributed by atoms with van der Waals surface area (Å²) in [7, 11) is 1.53. The van der Waals surface area contributed by atoms with Crippen LogP contribution in [0.4, 0.5) is 11.4 Å². The van der Waals surface area contributed by atoms with Crippen LogP contribution in [0.25, 0.3) is 0 Å². The summed E-state index contributed by atoms with van der Waals surface area (Å²) in [5.41, 5.74) is 4.04. The molecule has 0 spiro atoms. The summed E-state index contributed by atoms with van der Waals surface area (Å²) in [4.78, 5) is 25.2. The van der Waals surface area contributed by atoms with Crippen LogP contribution in [0, 0.1) is 0 Å². The van der Waals surface area contributed by atoms with Gasteiger partial charge in [0.2, 0.25) is 0 Å². The minimum atomic E-state index is -0.269. The standard InChI is InChI=1S/C22H22N4O3/c1-29-19-12-11-15(13-18(19)24-21(27)14-7-3-2-4-8-14)23-22(28)20-16-9-5-6-10-17(16)25-26-20/h2-4,7-8,11-13H,5-6,9-10H2,1H3,(H,23,28)(H,24,27)(H,25,26). The SMILES string of the molecule is COc1ccc(NC(=O)c2n[nH]c3c2CCCC3)cc1NC(=O)c1ccccc1. The number of amides is 2. The largest absolute Gasteiger partial charge is 0.495 e. The summed E-state index contributed by atoms with van der Waals surface area (Å²) in [6.45, 7) is 0. The predicted molar refractivity (Wildman–Crippen MR) is 111 cm³/mol. The molecule has 4 rings (SSSR count). The quantitative estimate of drug-likeness (QED) is 0.617. The lowest BCUT2D eigenvalue weighted by atomic mass is 9.96. The van der Waals surface area contributed by atoms with Gasteiger partial charge >= 0.3 is 0 Å². The van der Waals surface area contributed by atoms with Gasteiger partial charge in [0.1, 0.15) is 5.75 Å². The van der Waals surface area contributed by atoms with Crippen molar-refractivity contribution in [1.82, 2.24) is 10.2 Å². The number of carbonyl (C=O) groups excluding carboxylic acids is 2. The van der Waals surface area contributed by atoms with Crippen LogP contribution in [-0.4, -0.2) is 29.1 Å². The van der Waals surface area contributed by atoms with Crippen LogP contribution >= 0.6 is 0 Å². The number of carbonyl (C=O) groups is 2. The Bertz CT molecular complexity index is 1040. The minimum Gasteiger partial charge on any atom is -0.495 e. The highest BCUT2D eigenvalue weighted by molar-refractivity contribution is 6.07. The molecule has 7 heteroatoms. The third-order valence-corrected chi connectivity index (χ3v) is 5.01. The van der Waals surface area contributed by atoms with Gasteiger partial charge in [0, 0.05) is 22.5 Å². The molecular weight excluding hydrogens is 368 g/mol. The van der Waals surface area contributed by atoms with Crippen molar-refractivity contribution in [2.75, 3.05) is 17.7 Å². The number of rotatable bonds is 5. The molecule has 0 unspecified atom stereocenters. The van der Waals surface area contributed by atoms with Crippen molar-refractivity contribution in [2.24, 2.45) is 0 Å². The molecule has 0 fully saturated rings. The maximum atomic E-state index is 12.7. The number of anilines is 2. The molecule has 148 valence electrons. The molecule has 0 saturated heterocycles. The van der Waals surface area contributed by atoms with Gasteiger partial charge in [-0.15, -0.1) is 0 Å². The molecule has 1 heterocycles. The summed E-state index contributed by atoms with van der Waals surface area (Å²) in [5, 5.41) is 12.9. The highest BCUT2D eigenvalue weighted by Crippen LogP contribution is 2.29. The lowest BCUT2D eigenvalue weighted by molar-refractivity contribution is 0.101. The second kappa shape index (κ2) is 8.18. The van der Waals surface area contributed by atoms with E-state index >= 15 is 0 Å². The molecule has 2 aromatic carbocycles. The molecule has 3 aromatic rings. The fraction of sp³-hybridized carbons (Fsp3) is 0.227. The van der Waals surface area contributed by atoms with Crippen LogP contribution in [-0.2, 0) is 12.8 Å². The first-order valence-electron chi connectivity index (χ1n) is 9.57. The van der Waals surface area contributed by atoms with Crippen molar-refractivity contribution in [3.8, 4) is 5.75 Å². The number of ether oxygens (including phenoxy) is 1. The van der Waals surface area contributed by atoms with E-state index in [0.717, 1.165) is 36.9 Å². The van der Waals surface area contributed by atoms with E-state index in [1.165, 1.54) is 7.11 Å². The van der Waals surface area contributed by atoms with E-state index in [-0.39, 0.29) is 11.8 Å². The monoisotopic (exact) mass is 390 g/mol. The second-order valence-corrected chi connectivity index (χ2v) is 6.93. The number of hydrogen-bond acceptors (Lipinski definition) is 4. The van der Waals surface area contributed by atoms with E-state index < -0.39 is 0 Å². The van der Waals surface area contributed by atoms with Gasteiger partial charge in [0.15, 0.2) is 5.69 Å². The summed E-state index contributed by atoms with van der Waals surface area (Å²) in [6, 6.07) is 14.0. The Morgan fingerprint density at radius 2 is 1.79 bits per heavy atom. The Morgan fingerprint density at radius 3 is 2.59 bits per heavy atom. The minimum absolute atomic E-state index is 0.256. The fourth-order valence-corrected chi connectivity index (χ4v) is 3.53. The normalized spacial score (nSPS) is 12.7. The van der Waals surface area contributed by atoms with Crippen molar-refractivity contribution in [3.63, 3.8) is 0 Å². The van der Waals surface area contributed by atoms with E-state index in [1.807, 2.05) is 6.07 Å². The third-order valence-electron chi connectivity index (χ3n) is 5.01. The zero-order valence-electron chi connectivity index (χ0n) is 16.1. The number of H-pyrrole nitrogens is 1. The Balaban J connectivity index is 1.54. The van der Waals surface area contributed by atoms with Gasteiger partial charge < -0.3 is 15.4 Å². The average molecular weight is 390 g/mol. The summed E-state index contributed by atoms with van der Waals surface area (Å²) < 4.78 is 5.34. The molecule has 0 radical (unpaired) electrons. The second-order valence-electron chi connectivity index (χ2n) is 6.93. The van der Waals surface area contributed by atoms with Crippen molar-refractivity contribution in [1.29, 1.82) is 0 Å². The topological polar surface area (TPSA) is 96.1 Å². The van der Waals surface area contributed by atoms with Crippen LogP contribution in [0.3, 0.4) is 0 Å². The highest BCUT2D eigenvalue weighted by Gasteiger charge is 2.22. The summed E-state index contributed by atoms with van der Waals surface area (Å²) in [5.74, 6) is -0.0203. The van der Waals surface area contributed by atoms with Gasteiger partial charge in [-0.1, -0.05) is 18.2 Å². The first-order chi connectivity index (χ1) is 14.2. The molecule has 1 aliphatic carbocycles. The van der Waals surface area contributed by atoms with Gasteiger partial charge in [0.25, 0.3) is 11.8 Å². The van der Waals surface area contributed by atoms with Crippen molar-refractivity contribution in [3.05, 3.63) is 71.0 Å². The van der Waals surface area contributed by atoms with Crippen LogP contribution in [0.5, 0.6) is 5.75 Å². The highest BCUT2D eigenvalue weighted by atomic mass is 16.5. The van der Waals surface area contributed by atoms with Crippen LogP contribution in [0.15, 0.2) is 48.5 Å². The number of methoxy groups -OCH3 is 1. The Labute approximate surface area is 168 Å². The lowest BCUT2D eigenvalue weighted by Gasteiger charge is -2.13. The number of nitrogens with zero attached hydrogens (tertiary/aromatic N) is 1. The van der Waals surface area contributed by atoms with Crippen LogP contribution in [0.2, 0.25) is 0 Å². The molecule has 2 amide bonds. The van der Waals surface area contributed by atoms with Crippen molar-refractivity contribution in [2.45, 2.75) is 25.7 Å². The first kappa shape index (κ1) is 18.7. The maximum absolute atomic E-state index is 12.7. The number of benzene rings is 2. The number of fused-ring (bicyclic) bond motifs is 1. The average Bonchev–Trinajstić information content (AvgIpc) is 3.19. The number of nitrogens with one attached hydrogen (secondary N) is 3. The Morgan fingerprint density at radius 1 is 1.00 bits per heavy atom. The van der Waals surface area contributed by atoms with E-state index in [4.69, 9.17) is 4.74 Å². The van der Waals surface area contributed by atoms with E-state index in [2.05, 4.69) is 20.8 Å². The molecule has 1 aliphatic rings. The van der Waals surface area contributed by atoms with E-state index in [9.17, 15) is 9.59 Å². The van der Waals surface area contributed by atoms with E-state index in [1.54, 1.807) is 42.5 Å². The van der Waals surface area contributed by atoms with Crippen LogP contribution in [0.1, 0.15) is 44.9 Å². The maximum Gasteiger partial charge on any atom is 0.276 e. The molecular formula is C22H22N4O3. The zero-order chi connectivity index (χ0) is 20.2. The van der Waals surface area contributed by atoms with Gasteiger partial charge in [-0.2, -0.15) is 5.10 Å². The molecule has 0 bridgehead atoms. The van der Waals surface area contributed by atoms with Crippen molar-refractivity contribution < 1.29 is 14.3 Å². The molecule has 1 aromatic heterocycles. The van der Waals surface area contributed by atoms with Gasteiger partial charge in [-0.3, -0.25) is 14.7 Å². The summed E-state index contributed by atoms with van der Waals surface area (Å²) >= 11 is 0. The number of aromatic nitrogens is 2. The number of aryl methyl sites for hydroxylation is 1. The number of aromatic amines is 1. The number of hydrogen-bond donors (Lipinski definition) is 3. The van der Waals surface area contributed by atoms with E-state index in [0.29, 0.717) is 28.4 Å². The first-order valence-corrected chi connectivity index (χ1v) is 9.57. The van der Waals surface area contributed by atoms with Crippen LogP contribution < -0.4 is 15.4 Å². The predicted octanol–water partition coefficient (Wildman–Crippen LogP) is 3.80. The smallest absolute Gasteiger partial charge is 0.276 e. The Kier molecular flexibility index (Phi) is 5.29. The molecule has 3 N–H and O–H groups in total. The molecule has 0 atom stereocenters. The summed E-state index contributed by atoms with van der Waals surface area (Å²) in [6.07, 6.45) is 3.95. The Hall–Kier alpha value is -3.61. The fourth-order valence-electron chi connectivity index (χ4n) is 3.53. The molecule has 29 heavy (non-hydrogen) atoms. The zero-order valence-corrected chi connectivity index (χ0v) is 16.1. The van der Waals surface area contributed by atoms with Gasteiger partial charge in [0.05, 0.1) is 12.8 Å². The molecule has 7 nitrogen and oxygen atoms in total. The lowest BCUT2D eigenvalue weighted by Crippen LogP contribution is -2.16. The molecule has 0 aliphatic heterocycles.